The third kappa shape index (κ3) is 3.64. The van der Waals surface area contributed by atoms with Gasteiger partial charge in [-0.1, -0.05) is 35.5 Å². The molecule has 37 heavy (non-hydrogen) atoms. The number of aryl methyl sites for hydroxylation is 2. The van der Waals surface area contributed by atoms with Gasteiger partial charge in [0, 0.05) is 48.6 Å². The Morgan fingerprint density at radius 1 is 0.946 bits per heavy atom. The molecule has 4 aromatic heterocycles. The molecule has 10 nitrogen and oxygen atoms in total. The van der Waals surface area contributed by atoms with Crippen molar-refractivity contribution in [2.75, 3.05) is 18.0 Å². The number of H-pyrrole nitrogens is 1. The SMILES string of the molecule is Cc1cccc2c(-c3cccc4nn(C)cc34)nn(-c3ccc(N4CCC(c5nn[nH]n5)CC4)nc3)c12. The molecule has 0 amide bonds. The van der Waals surface area contributed by atoms with Crippen molar-refractivity contribution in [3.63, 3.8) is 0 Å². The molecule has 0 saturated carbocycles. The summed E-state index contributed by atoms with van der Waals surface area (Å²) < 4.78 is 3.88. The predicted octanol–water partition coefficient (Wildman–Crippen LogP) is 4.18. The molecule has 0 radical (unpaired) electrons. The second kappa shape index (κ2) is 8.51. The first kappa shape index (κ1) is 21.7. The molecular formula is C27H26N10. The average molecular weight is 491 g/mol. The van der Waals surface area contributed by atoms with Gasteiger partial charge in [-0.05, 0) is 43.5 Å². The molecule has 0 atom stereocenters. The Bertz CT molecular complexity index is 1700. The Labute approximate surface area is 212 Å². The summed E-state index contributed by atoms with van der Waals surface area (Å²) in [5.41, 5.74) is 6.19. The van der Waals surface area contributed by atoms with Gasteiger partial charge in [-0.25, -0.2) is 9.67 Å². The molecule has 0 aliphatic carbocycles. The predicted molar refractivity (Wildman–Crippen MR) is 142 cm³/mol. The Balaban J connectivity index is 1.24. The van der Waals surface area contributed by atoms with Gasteiger partial charge in [0.05, 0.1) is 22.9 Å². The van der Waals surface area contributed by atoms with E-state index in [0.29, 0.717) is 5.92 Å². The van der Waals surface area contributed by atoms with Gasteiger partial charge in [0.25, 0.3) is 0 Å². The minimum Gasteiger partial charge on any atom is -0.357 e. The van der Waals surface area contributed by atoms with Crippen molar-refractivity contribution >= 4 is 27.6 Å². The molecule has 2 aromatic carbocycles. The van der Waals surface area contributed by atoms with E-state index in [1.807, 2.05) is 34.7 Å². The Morgan fingerprint density at radius 2 is 1.81 bits per heavy atom. The number of anilines is 1. The zero-order valence-electron chi connectivity index (χ0n) is 20.7. The van der Waals surface area contributed by atoms with Crippen LogP contribution in [-0.2, 0) is 7.05 Å². The zero-order chi connectivity index (χ0) is 24.9. The molecule has 6 aromatic rings. The minimum atomic E-state index is 0.343. The average Bonchev–Trinajstić information content (AvgIpc) is 3.67. The Morgan fingerprint density at radius 3 is 2.59 bits per heavy atom. The number of hydrogen-bond donors (Lipinski definition) is 1. The van der Waals surface area contributed by atoms with Crippen molar-refractivity contribution in [3.8, 4) is 16.9 Å². The van der Waals surface area contributed by atoms with E-state index in [9.17, 15) is 0 Å². The van der Waals surface area contributed by atoms with E-state index in [2.05, 4.69) is 80.1 Å². The van der Waals surface area contributed by atoms with Crippen molar-refractivity contribution in [1.82, 2.24) is 45.2 Å². The zero-order valence-corrected chi connectivity index (χ0v) is 20.7. The van der Waals surface area contributed by atoms with Crippen LogP contribution in [0.2, 0.25) is 0 Å². The summed E-state index contributed by atoms with van der Waals surface area (Å²) in [4.78, 5) is 7.16. The summed E-state index contributed by atoms with van der Waals surface area (Å²) in [5, 5.41) is 26.5. The van der Waals surface area contributed by atoms with Crippen LogP contribution in [0.3, 0.4) is 0 Å². The lowest BCUT2D eigenvalue weighted by Gasteiger charge is -2.31. The molecule has 1 aliphatic rings. The maximum absolute atomic E-state index is 5.13. The van der Waals surface area contributed by atoms with Crippen LogP contribution >= 0.6 is 0 Å². The van der Waals surface area contributed by atoms with Gasteiger partial charge in [-0.3, -0.25) is 4.68 Å². The van der Waals surface area contributed by atoms with Gasteiger partial charge in [0.2, 0.25) is 0 Å². The number of benzene rings is 2. The quantitative estimate of drug-likeness (QED) is 0.395. The maximum atomic E-state index is 5.13. The number of piperidine rings is 1. The highest BCUT2D eigenvalue weighted by Crippen LogP contribution is 2.35. The van der Waals surface area contributed by atoms with Crippen molar-refractivity contribution in [1.29, 1.82) is 0 Å². The van der Waals surface area contributed by atoms with Gasteiger partial charge in [0.15, 0.2) is 5.82 Å². The number of aromatic nitrogens is 9. The summed E-state index contributed by atoms with van der Waals surface area (Å²) in [6.45, 7) is 3.95. The number of rotatable bonds is 4. The lowest BCUT2D eigenvalue weighted by atomic mass is 9.96. The summed E-state index contributed by atoms with van der Waals surface area (Å²) in [5.74, 6) is 2.13. The van der Waals surface area contributed by atoms with Crippen LogP contribution in [0.25, 0.3) is 38.8 Å². The molecule has 184 valence electrons. The minimum absolute atomic E-state index is 0.343. The first-order chi connectivity index (χ1) is 18.2. The normalized spacial score (nSPS) is 14.7. The number of tetrazole rings is 1. The summed E-state index contributed by atoms with van der Waals surface area (Å²) in [6, 6.07) is 16.8. The molecule has 10 heteroatoms. The lowest BCUT2D eigenvalue weighted by molar-refractivity contribution is 0.483. The number of pyridine rings is 1. The van der Waals surface area contributed by atoms with Crippen molar-refractivity contribution in [3.05, 3.63) is 72.3 Å². The number of fused-ring (bicyclic) bond motifs is 2. The molecular weight excluding hydrogens is 464 g/mol. The standard InChI is InChI=1S/C27H26N10/c1-17-5-3-7-21-25(20-6-4-8-23-22(20)16-35(2)31-23)32-37(26(17)21)19-9-10-24(28-15-19)36-13-11-18(12-14-36)27-29-33-34-30-27/h3-10,15-16,18H,11-14H2,1-2H3,(H,29,30,33,34). The highest BCUT2D eigenvalue weighted by molar-refractivity contribution is 6.03. The van der Waals surface area contributed by atoms with Crippen molar-refractivity contribution in [2.24, 2.45) is 7.05 Å². The van der Waals surface area contributed by atoms with Gasteiger partial charge in [-0.15, -0.1) is 10.2 Å². The third-order valence-corrected chi connectivity index (χ3v) is 7.35. The number of nitrogens with one attached hydrogen (secondary N) is 1. The molecule has 1 aliphatic heterocycles. The molecule has 1 fully saturated rings. The smallest absolute Gasteiger partial charge is 0.177 e. The van der Waals surface area contributed by atoms with E-state index < -0.39 is 0 Å². The summed E-state index contributed by atoms with van der Waals surface area (Å²) in [6.07, 6.45) is 5.95. The van der Waals surface area contributed by atoms with E-state index in [1.54, 1.807) is 0 Å². The monoisotopic (exact) mass is 490 g/mol. The fourth-order valence-electron chi connectivity index (χ4n) is 5.49. The number of nitrogens with zero attached hydrogens (tertiary/aromatic N) is 9. The fourth-order valence-corrected chi connectivity index (χ4v) is 5.49. The molecule has 1 saturated heterocycles. The number of hydrogen-bond acceptors (Lipinski definition) is 7. The fraction of sp³-hybridized carbons (Fsp3) is 0.259. The third-order valence-electron chi connectivity index (χ3n) is 7.35. The van der Waals surface area contributed by atoms with Crippen LogP contribution in [-0.4, -0.2) is 58.3 Å². The maximum Gasteiger partial charge on any atom is 0.177 e. The first-order valence-corrected chi connectivity index (χ1v) is 12.5. The van der Waals surface area contributed by atoms with Crippen LogP contribution in [0.15, 0.2) is 60.9 Å². The lowest BCUT2D eigenvalue weighted by Crippen LogP contribution is -2.33. The highest BCUT2D eigenvalue weighted by Gasteiger charge is 2.24. The second-order valence-electron chi connectivity index (χ2n) is 9.68. The number of para-hydroxylation sites is 1. The van der Waals surface area contributed by atoms with Crippen LogP contribution in [0.5, 0.6) is 0 Å². The summed E-state index contributed by atoms with van der Waals surface area (Å²) in [7, 11) is 1.95. The van der Waals surface area contributed by atoms with Gasteiger partial charge < -0.3 is 4.90 Å². The van der Waals surface area contributed by atoms with E-state index in [-0.39, 0.29) is 0 Å². The van der Waals surface area contributed by atoms with Crippen molar-refractivity contribution < 1.29 is 0 Å². The number of aromatic amines is 1. The van der Waals surface area contributed by atoms with Gasteiger partial charge in [-0.2, -0.15) is 15.4 Å². The molecule has 1 N–H and O–H groups in total. The van der Waals surface area contributed by atoms with E-state index in [0.717, 1.165) is 76.3 Å². The van der Waals surface area contributed by atoms with E-state index in [4.69, 9.17) is 10.1 Å². The highest BCUT2D eigenvalue weighted by atomic mass is 15.5. The Kier molecular flexibility index (Phi) is 4.98. The molecule has 0 unspecified atom stereocenters. The largest absolute Gasteiger partial charge is 0.357 e. The molecule has 5 heterocycles. The summed E-state index contributed by atoms with van der Waals surface area (Å²) >= 11 is 0. The van der Waals surface area contributed by atoms with Gasteiger partial charge in [0.1, 0.15) is 11.5 Å². The molecule has 0 spiro atoms. The molecule has 0 bridgehead atoms. The van der Waals surface area contributed by atoms with E-state index >= 15 is 0 Å². The van der Waals surface area contributed by atoms with Gasteiger partial charge >= 0.3 is 0 Å². The van der Waals surface area contributed by atoms with Crippen LogP contribution in [0.4, 0.5) is 5.82 Å². The Hall–Kier alpha value is -4.60. The molecule has 7 rings (SSSR count). The van der Waals surface area contributed by atoms with Crippen LogP contribution in [0, 0.1) is 6.92 Å². The van der Waals surface area contributed by atoms with Crippen molar-refractivity contribution in [2.45, 2.75) is 25.7 Å². The topological polar surface area (TPSA) is 106 Å². The van der Waals surface area contributed by atoms with Crippen LogP contribution < -0.4 is 4.90 Å². The first-order valence-electron chi connectivity index (χ1n) is 12.5. The second-order valence-corrected chi connectivity index (χ2v) is 9.68. The van der Waals surface area contributed by atoms with E-state index in [1.165, 1.54) is 5.56 Å². The van der Waals surface area contributed by atoms with Crippen LogP contribution in [0.1, 0.15) is 30.1 Å².